The first-order valence-corrected chi connectivity index (χ1v) is 8.28. The second-order valence-corrected chi connectivity index (χ2v) is 6.82. The maximum Gasteiger partial charge on any atom is 0.244 e. The van der Waals surface area contributed by atoms with Crippen LogP contribution in [0.5, 0.6) is 0 Å². The molecular weight excluding hydrogens is 361 g/mol. The number of hydrogen-bond acceptors (Lipinski definition) is 4. The number of benzene rings is 1. The van der Waals surface area contributed by atoms with E-state index in [0.717, 1.165) is 0 Å². The minimum atomic E-state index is -3.81. The van der Waals surface area contributed by atoms with Crippen LogP contribution in [0.2, 0.25) is 0 Å². The number of nitrogens with zero attached hydrogens (tertiary/aromatic N) is 1. The van der Waals surface area contributed by atoms with Crippen molar-refractivity contribution in [3.05, 3.63) is 52.4 Å². The molecule has 2 aromatic rings. The highest BCUT2D eigenvalue weighted by Crippen LogP contribution is 2.22. The molecule has 0 aliphatic rings. The van der Waals surface area contributed by atoms with Crippen molar-refractivity contribution >= 4 is 31.8 Å². The normalized spacial score (nSPS) is 11.4. The summed E-state index contributed by atoms with van der Waals surface area (Å²) in [5, 5.41) is 2.71. The zero-order chi connectivity index (χ0) is 15.5. The van der Waals surface area contributed by atoms with Gasteiger partial charge in [-0.1, -0.05) is 18.2 Å². The van der Waals surface area contributed by atoms with Crippen LogP contribution in [-0.4, -0.2) is 20.4 Å². The van der Waals surface area contributed by atoms with Crippen molar-refractivity contribution < 1.29 is 12.8 Å². The summed E-state index contributed by atoms with van der Waals surface area (Å²) in [6, 6.07) is 7.43. The van der Waals surface area contributed by atoms with Gasteiger partial charge in [0.15, 0.2) is 0 Å². The van der Waals surface area contributed by atoms with Gasteiger partial charge in [0.2, 0.25) is 10.0 Å². The van der Waals surface area contributed by atoms with Crippen LogP contribution in [0.3, 0.4) is 0 Å². The van der Waals surface area contributed by atoms with Crippen LogP contribution in [0.4, 0.5) is 10.2 Å². The summed E-state index contributed by atoms with van der Waals surface area (Å²) in [5.41, 5.74) is 0.273. The monoisotopic (exact) mass is 373 g/mol. The highest BCUT2D eigenvalue weighted by Gasteiger charge is 2.20. The second-order valence-electron chi connectivity index (χ2n) is 4.17. The van der Waals surface area contributed by atoms with Crippen molar-refractivity contribution in [2.24, 2.45) is 0 Å². The van der Waals surface area contributed by atoms with Gasteiger partial charge < -0.3 is 5.32 Å². The van der Waals surface area contributed by atoms with Crippen molar-refractivity contribution in [3.8, 4) is 0 Å². The van der Waals surface area contributed by atoms with Crippen molar-refractivity contribution in [1.29, 1.82) is 0 Å². The molecule has 2 rings (SSSR count). The molecule has 0 spiro atoms. The Kier molecular flexibility index (Phi) is 4.92. The Bertz CT molecular complexity index is 753. The fourth-order valence-electron chi connectivity index (χ4n) is 1.71. The molecule has 112 valence electrons. The molecule has 0 amide bonds. The van der Waals surface area contributed by atoms with E-state index in [0.29, 0.717) is 4.47 Å². The van der Waals surface area contributed by atoms with Crippen LogP contribution in [0.25, 0.3) is 0 Å². The molecule has 21 heavy (non-hydrogen) atoms. The van der Waals surface area contributed by atoms with Crippen LogP contribution < -0.4 is 10.0 Å². The first-order chi connectivity index (χ1) is 9.94. The molecule has 1 aromatic heterocycles. The Labute approximate surface area is 130 Å². The van der Waals surface area contributed by atoms with Gasteiger partial charge in [-0.25, -0.2) is 22.5 Å². The summed E-state index contributed by atoms with van der Waals surface area (Å²) in [5.74, 6) is -0.236. The van der Waals surface area contributed by atoms with Gasteiger partial charge in [0.25, 0.3) is 0 Å². The molecule has 0 bridgehead atoms. The average Bonchev–Trinajstić information content (AvgIpc) is 2.46. The molecule has 0 aliphatic carbocycles. The SMILES string of the molecule is CNc1ncc(Br)cc1S(=O)(=O)NCc1ccccc1F. The number of rotatable bonds is 5. The molecule has 1 heterocycles. The molecule has 0 saturated heterocycles. The maximum absolute atomic E-state index is 13.5. The number of nitrogens with one attached hydrogen (secondary N) is 2. The van der Waals surface area contributed by atoms with Crippen LogP contribution in [0.15, 0.2) is 45.9 Å². The third kappa shape index (κ3) is 3.78. The molecule has 8 heteroatoms. The third-order valence-electron chi connectivity index (χ3n) is 2.76. The lowest BCUT2D eigenvalue weighted by atomic mass is 10.2. The third-order valence-corrected chi connectivity index (χ3v) is 4.60. The Morgan fingerprint density at radius 2 is 2.05 bits per heavy atom. The van der Waals surface area contributed by atoms with Gasteiger partial charge in [-0.2, -0.15) is 0 Å². The van der Waals surface area contributed by atoms with E-state index < -0.39 is 15.8 Å². The zero-order valence-electron chi connectivity index (χ0n) is 11.1. The van der Waals surface area contributed by atoms with Crippen LogP contribution in [0, 0.1) is 5.82 Å². The molecule has 0 unspecified atom stereocenters. The predicted molar refractivity (Wildman–Crippen MR) is 81.9 cm³/mol. The summed E-state index contributed by atoms with van der Waals surface area (Å²) in [6.07, 6.45) is 1.49. The maximum atomic E-state index is 13.5. The fraction of sp³-hybridized carbons (Fsp3) is 0.154. The largest absolute Gasteiger partial charge is 0.372 e. The number of hydrogen-bond donors (Lipinski definition) is 2. The average molecular weight is 374 g/mol. The molecule has 0 atom stereocenters. The van der Waals surface area contributed by atoms with Gasteiger partial charge in [0, 0.05) is 29.8 Å². The number of halogens is 2. The van der Waals surface area contributed by atoms with Gasteiger partial charge in [-0.05, 0) is 28.1 Å². The predicted octanol–water partition coefficient (Wildman–Crippen LogP) is 2.50. The van der Waals surface area contributed by atoms with E-state index in [1.807, 2.05) is 0 Å². The Morgan fingerprint density at radius 1 is 1.33 bits per heavy atom. The van der Waals surface area contributed by atoms with E-state index in [1.165, 1.54) is 24.4 Å². The second kappa shape index (κ2) is 6.50. The summed E-state index contributed by atoms with van der Waals surface area (Å²) in [7, 11) is -2.24. The van der Waals surface area contributed by atoms with Crippen LogP contribution >= 0.6 is 15.9 Å². The topological polar surface area (TPSA) is 71.1 Å². The molecular formula is C13H13BrFN3O2S. The van der Waals surface area contributed by atoms with Gasteiger partial charge >= 0.3 is 0 Å². The van der Waals surface area contributed by atoms with E-state index in [-0.39, 0.29) is 22.8 Å². The smallest absolute Gasteiger partial charge is 0.244 e. The van der Waals surface area contributed by atoms with Gasteiger partial charge in [-0.3, -0.25) is 0 Å². The van der Waals surface area contributed by atoms with Crippen LogP contribution in [0.1, 0.15) is 5.56 Å². The molecule has 1 aromatic carbocycles. The summed E-state index contributed by atoms with van der Waals surface area (Å²) in [6.45, 7) is -0.134. The van der Waals surface area contributed by atoms with E-state index in [2.05, 4.69) is 31.0 Å². The van der Waals surface area contributed by atoms with Crippen molar-refractivity contribution in [2.75, 3.05) is 12.4 Å². The summed E-state index contributed by atoms with van der Waals surface area (Å²) < 4.78 is 41.0. The minimum absolute atomic E-state index is 0.00397. The Balaban J connectivity index is 2.27. The van der Waals surface area contributed by atoms with E-state index >= 15 is 0 Å². The Morgan fingerprint density at radius 3 is 2.71 bits per heavy atom. The van der Waals surface area contributed by atoms with Crippen molar-refractivity contribution in [2.45, 2.75) is 11.4 Å². The standard InChI is InChI=1S/C13H13BrFN3O2S/c1-16-13-12(6-10(14)8-17-13)21(19,20)18-7-9-4-2-3-5-11(9)15/h2-6,8,18H,7H2,1H3,(H,16,17). The van der Waals surface area contributed by atoms with Crippen molar-refractivity contribution in [1.82, 2.24) is 9.71 Å². The lowest BCUT2D eigenvalue weighted by molar-refractivity contribution is 0.574. The van der Waals surface area contributed by atoms with Gasteiger partial charge in [0.1, 0.15) is 16.5 Å². The van der Waals surface area contributed by atoms with Crippen LogP contribution in [-0.2, 0) is 16.6 Å². The minimum Gasteiger partial charge on any atom is -0.372 e. The number of pyridine rings is 1. The van der Waals surface area contributed by atoms with E-state index in [4.69, 9.17) is 0 Å². The zero-order valence-corrected chi connectivity index (χ0v) is 13.5. The van der Waals surface area contributed by atoms with Crippen molar-refractivity contribution in [3.63, 3.8) is 0 Å². The van der Waals surface area contributed by atoms with Gasteiger partial charge in [-0.15, -0.1) is 0 Å². The number of anilines is 1. The Hall–Kier alpha value is -1.51. The number of aromatic nitrogens is 1. The summed E-state index contributed by atoms with van der Waals surface area (Å²) in [4.78, 5) is 3.98. The molecule has 0 fully saturated rings. The molecule has 2 N–H and O–H groups in total. The summed E-state index contributed by atoms with van der Waals surface area (Å²) >= 11 is 3.18. The number of sulfonamides is 1. The quantitative estimate of drug-likeness (QED) is 0.844. The highest BCUT2D eigenvalue weighted by molar-refractivity contribution is 9.10. The first kappa shape index (κ1) is 15.9. The molecule has 5 nitrogen and oxygen atoms in total. The molecule has 0 saturated carbocycles. The lowest BCUT2D eigenvalue weighted by Crippen LogP contribution is -2.25. The molecule has 0 aliphatic heterocycles. The fourth-order valence-corrected chi connectivity index (χ4v) is 3.38. The van der Waals surface area contributed by atoms with E-state index in [9.17, 15) is 12.8 Å². The lowest BCUT2D eigenvalue weighted by Gasteiger charge is -2.11. The first-order valence-electron chi connectivity index (χ1n) is 6.00. The molecule has 0 radical (unpaired) electrons. The highest BCUT2D eigenvalue weighted by atomic mass is 79.9. The van der Waals surface area contributed by atoms with E-state index in [1.54, 1.807) is 19.2 Å². The van der Waals surface area contributed by atoms with Gasteiger partial charge in [0.05, 0.1) is 0 Å².